The van der Waals surface area contributed by atoms with Crippen LogP contribution in [0.5, 0.6) is 0 Å². The molecule has 2 rings (SSSR count). The van der Waals surface area contributed by atoms with Crippen LogP contribution in [0, 0.1) is 11.3 Å². The van der Waals surface area contributed by atoms with E-state index in [4.69, 9.17) is 4.74 Å². The molecule has 1 fully saturated rings. The van der Waals surface area contributed by atoms with Crippen molar-refractivity contribution in [2.75, 3.05) is 44.3 Å². The number of nitrogens with zero attached hydrogens (tertiary/aromatic N) is 5. The van der Waals surface area contributed by atoms with Gasteiger partial charge in [-0.05, 0) is 13.3 Å². The van der Waals surface area contributed by atoms with Gasteiger partial charge in [-0.3, -0.25) is 18.8 Å². The lowest BCUT2D eigenvalue weighted by molar-refractivity contribution is 0.0867. The molecule has 0 N–H and O–H groups in total. The van der Waals surface area contributed by atoms with Gasteiger partial charge in [0.2, 0.25) is 0 Å². The largest absolute Gasteiger partial charge is 0.380 e. The first-order chi connectivity index (χ1) is 12.0. The zero-order valence-electron chi connectivity index (χ0n) is 15.5. The van der Waals surface area contributed by atoms with Crippen LogP contribution in [-0.4, -0.2) is 59.5 Å². The zero-order valence-corrected chi connectivity index (χ0v) is 15.5. The Morgan fingerprint density at radius 3 is 2.52 bits per heavy atom. The summed E-state index contributed by atoms with van der Waals surface area (Å²) in [6, 6.07) is 2.28. The van der Waals surface area contributed by atoms with E-state index in [1.54, 1.807) is 7.05 Å². The quantitative estimate of drug-likeness (QED) is 0.667. The van der Waals surface area contributed by atoms with Gasteiger partial charge in [-0.15, -0.1) is 0 Å². The molecule has 1 saturated heterocycles. The van der Waals surface area contributed by atoms with Crippen LogP contribution in [0.15, 0.2) is 9.59 Å². The highest BCUT2D eigenvalue weighted by molar-refractivity contribution is 5.54. The molecule has 2 heterocycles. The lowest BCUT2D eigenvalue weighted by Crippen LogP contribution is -2.55. The fraction of sp³-hybridized carbons (Fsp3) is 0.706. The molecular weight excluding hydrogens is 322 g/mol. The van der Waals surface area contributed by atoms with Gasteiger partial charge in [0.05, 0.1) is 6.61 Å². The number of ether oxygens (including phenoxy) is 1. The van der Waals surface area contributed by atoms with Gasteiger partial charge >= 0.3 is 5.69 Å². The number of hydrogen-bond donors (Lipinski definition) is 0. The Kier molecular flexibility index (Phi) is 6.39. The first-order valence-corrected chi connectivity index (χ1v) is 8.73. The molecule has 8 nitrogen and oxygen atoms in total. The molecule has 1 aromatic rings. The van der Waals surface area contributed by atoms with Crippen molar-refractivity contribution in [2.24, 2.45) is 14.1 Å². The fourth-order valence-corrected chi connectivity index (χ4v) is 3.39. The minimum atomic E-state index is -0.535. The summed E-state index contributed by atoms with van der Waals surface area (Å²) in [6.45, 7) is 8.51. The molecule has 1 aliphatic rings. The highest BCUT2D eigenvalue weighted by Crippen LogP contribution is 2.21. The van der Waals surface area contributed by atoms with Crippen molar-refractivity contribution in [1.29, 1.82) is 5.26 Å². The summed E-state index contributed by atoms with van der Waals surface area (Å²) in [5, 5.41) is 9.46. The van der Waals surface area contributed by atoms with Crippen molar-refractivity contribution in [3.63, 3.8) is 0 Å². The molecule has 1 aliphatic heterocycles. The highest BCUT2D eigenvalue weighted by Gasteiger charge is 2.29. The minimum absolute atomic E-state index is 0.0298. The van der Waals surface area contributed by atoms with E-state index in [0.717, 1.165) is 24.1 Å². The van der Waals surface area contributed by atoms with E-state index in [1.165, 1.54) is 11.6 Å². The van der Waals surface area contributed by atoms with Crippen LogP contribution in [0.3, 0.4) is 0 Å². The Balaban J connectivity index is 2.31. The highest BCUT2D eigenvalue weighted by atomic mass is 16.5. The molecule has 0 saturated carbocycles. The van der Waals surface area contributed by atoms with Gasteiger partial charge in [0.1, 0.15) is 11.9 Å². The Labute approximate surface area is 147 Å². The van der Waals surface area contributed by atoms with E-state index in [2.05, 4.69) is 11.8 Å². The van der Waals surface area contributed by atoms with Crippen LogP contribution in [0.1, 0.15) is 25.8 Å². The van der Waals surface area contributed by atoms with E-state index >= 15 is 0 Å². The lowest BCUT2D eigenvalue weighted by Gasteiger charge is -2.42. The Hall–Kier alpha value is -2.11. The minimum Gasteiger partial charge on any atom is -0.380 e. The van der Waals surface area contributed by atoms with Crippen molar-refractivity contribution < 1.29 is 4.74 Å². The van der Waals surface area contributed by atoms with Gasteiger partial charge in [-0.25, -0.2) is 4.79 Å². The molecule has 1 atom stereocenters. The molecule has 0 unspecified atom stereocenters. The lowest BCUT2D eigenvalue weighted by atomic mass is 10.1. The van der Waals surface area contributed by atoms with Crippen molar-refractivity contribution in [2.45, 2.75) is 26.3 Å². The molecule has 8 heteroatoms. The molecule has 0 spiro atoms. The Bertz CT molecular complexity index is 761. The second-order valence-electron chi connectivity index (χ2n) is 6.26. The van der Waals surface area contributed by atoms with Crippen molar-refractivity contribution in [3.8, 4) is 6.07 Å². The van der Waals surface area contributed by atoms with Crippen molar-refractivity contribution >= 4 is 5.82 Å². The summed E-state index contributed by atoms with van der Waals surface area (Å²) in [4.78, 5) is 28.9. The zero-order chi connectivity index (χ0) is 18.6. The van der Waals surface area contributed by atoms with Crippen LogP contribution >= 0.6 is 0 Å². The second-order valence-corrected chi connectivity index (χ2v) is 6.26. The maximum absolute atomic E-state index is 12.3. The first-order valence-electron chi connectivity index (χ1n) is 8.73. The van der Waals surface area contributed by atoms with Crippen LogP contribution < -0.4 is 16.1 Å². The summed E-state index contributed by atoms with van der Waals surface area (Å²) in [5.74, 6) is 0.429. The van der Waals surface area contributed by atoms with E-state index in [1.807, 2.05) is 17.9 Å². The number of anilines is 1. The number of rotatable bonds is 6. The summed E-state index contributed by atoms with van der Waals surface area (Å²) >= 11 is 0. The van der Waals surface area contributed by atoms with Gasteiger partial charge in [0.15, 0.2) is 5.56 Å². The molecule has 0 aliphatic carbocycles. The SMILES string of the molecule is CCOCCN1CCN(c2c(C#N)c(=O)n(C)c(=O)n2C)C[C@@H]1CC. The van der Waals surface area contributed by atoms with Gasteiger partial charge in [-0.2, -0.15) is 5.26 Å². The van der Waals surface area contributed by atoms with Crippen LogP contribution in [0.2, 0.25) is 0 Å². The summed E-state index contributed by atoms with van der Waals surface area (Å²) in [7, 11) is 3.01. The number of aromatic nitrogens is 2. The normalized spacial score (nSPS) is 18.4. The number of piperazine rings is 1. The number of hydrogen-bond acceptors (Lipinski definition) is 6. The molecular formula is C17H27N5O3. The van der Waals surface area contributed by atoms with Gasteiger partial charge < -0.3 is 9.64 Å². The van der Waals surface area contributed by atoms with Gasteiger partial charge in [-0.1, -0.05) is 6.92 Å². The van der Waals surface area contributed by atoms with Crippen molar-refractivity contribution in [1.82, 2.24) is 14.0 Å². The van der Waals surface area contributed by atoms with E-state index in [0.29, 0.717) is 38.2 Å². The first kappa shape index (κ1) is 19.2. The predicted molar refractivity (Wildman–Crippen MR) is 96.0 cm³/mol. The molecule has 1 aromatic heterocycles. The molecule has 0 aromatic carbocycles. The maximum Gasteiger partial charge on any atom is 0.332 e. The van der Waals surface area contributed by atoms with Crippen LogP contribution in [0.25, 0.3) is 0 Å². The topological polar surface area (TPSA) is 83.5 Å². The summed E-state index contributed by atoms with van der Waals surface area (Å²) in [6.07, 6.45) is 0.948. The third kappa shape index (κ3) is 3.78. The molecule has 0 radical (unpaired) electrons. The maximum atomic E-state index is 12.3. The third-order valence-electron chi connectivity index (χ3n) is 4.85. The smallest absolute Gasteiger partial charge is 0.332 e. The molecule has 25 heavy (non-hydrogen) atoms. The predicted octanol–water partition coefficient (Wildman–Crippen LogP) is -0.107. The van der Waals surface area contributed by atoms with E-state index < -0.39 is 11.2 Å². The average molecular weight is 349 g/mol. The van der Waals surface area contributed by atoms with E-state index in [9.17, 15) is 14.9 Å². The van der Waals surface area contributed by atoms with Gasteiger partial charge in [0, 0.05) is 52.9 Å². The third-order valence-corrected chi connectivity index (χ3v) is 4.85. The Morgan fingerprint density at radius 2 is 1.92 bits per heavy atom. The molecule has 138 valence electrons. The average Bonchev–Trinajstić information content (AvgIpc) is 2.63. The van der Waals surface area contributed by atoms with Crippen LogP contribution in [0.4, 0.5) is 5.82 Å². The molecule has 0 bridgehead atoms. The van der Waals surface area contributed by atoms with Gasteiger partial charge in [0.25, 0.3) is 5.56 Å². The van der Waals surface area contributed by atoms with Crippen LogP contribution in [-0.2, 0) is 18.8 Å². The monoisotopic (exact) mass is 349 g/mol. The van der Waals surface area contributed by atoms with E-state index in [-0.39, 0.29) is 5.56 Å². The second kappa shape index (κ2) is 8.32. The summed E-state index contributed by atoms with van der Waals surface area (Å²) in [5.41, 5.74) is -0.916. The Morgan fingerprint density at radius 1 is 1.20 bits per heavy atom. The fourth-order valence-electron chi connectivity index (χ4n) is 3.39. The standard InChI is InChI=1S/C17H27N5O3/c1-5-13-12-22(8-7-21(13)9-10-25-6-2)15-14(11-18)16(23)20(4)17(24)19(15)3/h13H,5-10,12H2,1-4H3/t13-/m0/s1. The summed E-state index contributed by atoms with van der Waals surface area (Å²) < 4.78 is 7.84. The van der Waals surface area contributed by atoms with Crippen molar-refractivity contribution in [3.05, 3.63) is 26.4 Å². The molecule has 0 amide bonds. The number of nitriles is 1.